The maximum atomic E-state index is 12.5. The monoisotopic (exact) mass is 292 g/mol. The van der Waals surface area contributed by atoms with Crippen molar-refractivity contribution in [1.29, 1.82) is 0 Å². The molecule has 2 aromatic carbocycles. The van der Waals surface area contributed by atoms with Crippen molar-refractivity contribution in [1.82, 2.24) is 0 Å². The van der Waals surface area contributed by atoms with Crippen molar-refractivity contribution in [2.75, 3.05) is 6.79 Å². The van der Waals surface area contributed by atoms with Gasteiger partial charge in [-0.15, -0.1) is 0 Å². The summed E-state index contributed by atoms with van der Waals surface area (Å²) in [5.41, 5.74) is 4.05. The lowest BCUT2D eigenvalue weighted by atomic mass is 9.85. The van der Waals surface area contributed by atoms with Gasteiger partial charge in [0.15, 0.2) is 17.3 Å². The van der Waals surface area contributed by atoms with E-state index < -0.39 is 0 Å². The smallest absolute Gasteiger partial charge is 0.231 e. The van der Waals surface area contributed by atoms with Gasteiger partial charge < -0.3 is 9.47 Å². The van der Waals surface area contributed by atoms with Gasteiger partial charge in [0.05, 0.1) is 0 Å². The minimum Gasteiger partial charge on any atom is -0.454 e. The Bertz CT molecular complexity index is 775. The molecule has 4 rings (SSSR count). The van der Waals surface area contributed by atoms with Crippen LogP contribution in [0.2, 0.25) is 0 Å². The molecule has 1 aliphatic carbocycles. The highest BCUT2D eigenvalue weighted by molar-refractivity contribution is 6.07. The van der Waals surface area contributed by atoms with Crippen LogP contribution in [-0.2, 0) is 0 Å². The van der Waals surface area contributed by atoms with Crippen LogP contribution in [0.1, 0.15) is 40.7 Å². The van der Waals surface area contributed by atoms with Crippen LogP contribution in [0.25, 0.3) is 0 Å². The Morgan fingerprint density at radius 3 is 2.55 bits per heavy atom. The summed E-state index contributed by atoms with van der Waals surface area (Å²) >= 11 is 0. The van der Waals surface area contributed by atoms with Gasteiger partial charge in [-0.1, -0.05) is 35.9 Å². The second-order valence-electron chi connectivity index (χ2n) is 5.82. The molecule has 110 valence electrons. The van der Waals surface area contributed by atoms with E-state index in [4.69, 9.17) is 9.47 Å². The lowest BCUT2D eigenvalue weighted by Crippen LogP contribution is -2.05. The summed E-state index contributed by atoms with van der Waals surface area (Å²) in [5.74, 6) is 1.59. The summed E-state index contributed by atoms with van der Waals surface area (Å²) in [6, 6.07) is 14.1. The Morgan fingerprint density at radius 1 is 1.05 bits per heavy atom. The molecule has 0 unspecified atom stereocenters. The van der Waals surface area contributed by atoms with Gasteiger partial charge >= 0.3 is 0 Å². The van der Waals surface area contributed by atoms with Crippen LogP contribution in [0.3, 0.4) is 0 Å². The van der Waals surface area contributed by atoms with Crippen LogP contribution >= 0.6 is 0 Å². The van der Waals surface area contributed by atoms with E-state index >= 15 is 0 Å². The molecule has 0 radical (unpaired) electrons. The van der Waals surface area contributed by atoms with Gasteiger partial charge in [0, 0.05) is 11.5 Å². The molecule has 0 amide bonds. The average molecular weight is 292 g/mol. The Kier molecular flexibility index (Phi) is 3.00. The molecule has 3 heteroatoms. The zero-order chi connectivity index (χ0) is 15.1. The molecule has 2 aromatic rings. The summed E-state index contributed by atoms with van der Waals surface area (Å²) in [6.07, 6.45) is 2.58. The first kappa shape index (κ1) is 13.1. The predicted octanol–water partition coefficient (Wildman–Crippen LogP) is 4.08. The third-order valence-electron chi connectivity index (χ3n) is 4.29. The fraction of sp³-hybridized carbons (Fsp3) is 0.211. The van der Waals surface area contributed by atoms with Crippen LogP contribution in [0.5, 0.6) is 11.5 Å². The van der Waals surface area contributed by atoms with E-state index in [1.54, 1.807) is 6.08 Å². The summed E-state index contributed by atoms with van der Waals surface area (Å²) in [7, 11) is 0. The Morgan fingerprint density at radius 2 is 1.77 bits per heavy atom. The first-order valence-electron chi connectivity index (χ1n) is 7.42. The normalized spacial score (nSPS) is 19.4. The molecular formula is C19H16O3. The quantitative estimate of drug-likeness (QED) is 0.794. The van der Waals surface area contributed by atoms with Crippen molar-refractivity contribution in [2.24, 2.45) is 0 Å². The molecule has 0 aromatic heterocycles. The zero-order valence-corrected chi connectivity index (χ0v) is 12.3. The maximum Gasteiger partial charge on any atom is 0.231 e. The van der Waals surface area contributed by atoms with E-state index in [-0.39, 0.29) is 18.5 Å². The number of ether oxygens (including phenoxy) is 2. The van der Waals surface area contributed by atoms with Crippen molar-refractivity contribution in [3.8, 4) is 11.5 Å². The number of fused-ring (bicyclic) bond motifs is 2. The van der Waals surface area contributed by atoms with Gasteiger partial charge in [-0.05, 0) is 42.7 Å². The molecule has 3 nitrogen and oxygen atoms in total. The van der Waals surface area contributed by atoms with E-state index in [0.717, 1.165) is 28.9 Å². The second-order valence-corrected chi connectivity index (χ2v) is 5.82. The Labute approximate surface area is 129 Å². The topological polar surface area (TPSA) is 35.5 Å². The molecule has 0 fully saturated rings. The minimum absolute atomic E-state index is 0.0456. The molecule has 0 bridgehead atoms. The van der Waals surface area contributed by atoms with Crippen LogP contribution in [0.15, 0.2) is 54.1 Å². The summed E-state index contributed by atoms with van der Waals surface area (Å²) in [4.78, 5) is 12.5. The van der Waals surface area contributed by atoms with Crippen LogP contribution < -0.4 is 9.47 Å². The molecule has 1 aliphatic heterocycles. The van der Waals surface area contributed by atoms with Crippen molar-refractivity contribution < 1.29 is 14.3 Å². The molecule has 1 atom stereocenters. The third-order valence-corrected chi connectivity index (χ3v) is 4.29. The molecule has 0 saturated heterocycles. The van der Waals surface area contributed by atoms with Gasteiger partial charge in [-0.3, -0.25) is 4.79 Å². The fourth-order valence-electron chi connectivity index (χ4n) is 3.23. The first-order chi connectivity index (χ1) is 10.7. The highest BCUT2D eigenvalue weighted by Crippen LogP contribution is 2.42. The van der Waals surface area contributed by atoms with Crippen molar-refractivity contribution in [3.05, 3.63) is 70.8 Å². The second kappa shape index (κ2) is 5.02. The van der Waals surface area contributed by atoms with Crippen LogP contribution in [0.4, 0.5) is 0 Å². The number of ketones is 1. The fourth-order valence-corrected chi connectivity index (χ4v) is 3.23. The number of allylic oxidation sites excluding steroid dienone is 2. The zero-order valence-electron chi connectivity index (χ0n) is 12.3. The van der Waals surface area contributed by atoms with Crippen molar-refractivity contribution in [2.45, 2.75) is 19.3 Å². The molecule has 0 N–H and O–H groups in total. The Balaban J connectivity index is 1.92. The van der Waals surface area contributed by atoms with E-state index in [1.165, 1.54) is 5.56 Å². The highest BCUT2D eigenvalue weighted by Gasteiger charge is 2.28. The van der Waals surface area contributed by atoms with E-state index in [1.807, 2.05) is 37.3 Å². The molecule has 2 aliphatic rings. The third kappa shape index (κ3) is 2.10. The number of benzene rings is 2. The van der Waals surface area contributed by atoms with Gasteiger partial charge in [0.2, 0.25) is 6.79 Å². The first-order valence-corrected chi connectivity index (χ1v) is 7.42. The van der Waals surface area contributed by atoms with Crippen molar-refractivity contribution in [3.63, 3.8) is 0 Å². The molecular weight excluding hydrogens is 276 g/mol. The number of rotatable bonds is 1. The van der Waals surface area contributed by atoms with E-state index in [9.17, 15) is 4.79 Å². The van der Waals surface area contributed by atoms with Gasteiger partial charge in [0.1, 0.15) is 0 Å². The Hall–Kier alpha value is -2.55. The van der Waals surface area contributed by atoms with Crippen molar-refractivity contribution >= 4 is 5.78 Å². The van der Waals surface area contributed by atoms with E-state index in [2.05, 4.69) is 12.1 Å². The molecule has 22 heavy (non-hydrogen) atoms. The van der Waals surface area contributed by atoms with Gasteiger partial charge in [-0.2, -0.15) is 0 Å². The number of hydrogen-bond acceptors (Lipinski definition) is 3. The van der Waals surface area contributed by atoms with Crippen LogP contribution in [-0.4, -0.2) is 12.6 Å². The highest BCUT2D eigenvalue weighted by atomic mass is 16.7. The number of hydrogen-bond donors (Lipinski definition) is 0. The van der Waals surface area contributed by atoms with Gasteiger partial charge in [0.25, 0.3) is 0 Å². The number of carbonyl (C=O) groups excluding carboxylic acids is 1. The lowest BCUT2D eigenvalue weighted by Gasteiger charge is -2.19. The maximum absolute atomic E-state index is 12.5. The predicted molar refractivity (Wildman–Crippen MR) is 83.6 cm³/mol. The summed E-state index contributed by atoms with van der Waals surface area (Å²) < 4.78 is 10.9. The lowest BCUT2D eigenvalue weighted by molar-refractivity contribution is 0.104. The molecule has 0 spiro atoms. The average Bonchev–Trinajstić information content (AvgIpc) is 2.95. The SMILES string of the molecule is CC1=CC(=O)c2cc3c(cc2[C@@H](c2ccccc2)C1)OCO3. The summed E-state index contributed by atoms with van der Waals surface area (Å²) in [5, 5.41) is 0. The molecule has 0 saturated carbocycles. The number of carbonyl (C=O) groups is 1. The summed E-state index contributed by atoms with van der Waals surface area (Å²) in [6.45, 7) is 2.23. The molecule has 1 heterocycles. The van der Waals surface area contributed by atoms with Gasteiger partial charge in [-0.25, -0.2) is 0 Å². The van der Waals surface area contributed by atoms with Crippen LogP contribution in [0, 0.1) is 0 Å². The van der Waals surface area contributed by atoms with E-state index in [0.29, 0.717) is 5.75 Å². The standard InChI is InChI=1S/C19H16O3/c1-12-7-14(13-5-3-2-4-6-13)15-9-18-19(22-11-21-18)10-16(15)17(20)8-12/h2-6,8-10,14H,7,11H2,1H3/t14-/m1/s1. The largest absolute Gasteiger partial charge is 0.454 e. The minimum atomic E-state index is 0.0456.